The third-order valence-corrected chi connectivity index (χ3v) is 3.89. The summed E-state index contributed by atoms with van der Waals surface area (Å²) in [7, 11) is 1.83. The first-order chi connectivity index (χ1) is 9.85. The molecule has 2 heterocycles. The molecule has 0 radical (unpaired) electrons. The Morgan fingerprint density at radius 2 is 2.00 bits per heavy atom. The minimum absolute atomic E-state index is 0.609. The molecule has 0 bridgehead atoms. The van der Waals surface area contributed by atoms with Gasteiger partial charge in [0.25, 0.3) is 0 Å². The summed E-state index contributed by atoms with van der Waals surface area (Å²) >= 11 is 1.70. The molecule has 1 aromatic heterocycles. The van der Waals surface area contributed by atoms with E-state index in [1.165, 1.54) is 0 Å². The first-order valence-corrected chi connectivity index (χ1v) is 7.35. The summed E-state index contributed by atoms with van der Waals surface area (Å²) in [6, 6.07) is 5.99. The number of rotatable bonds is 4. The van der Waals surface area contributed by atoms with Gasteiger partial charge in [0.05, 0.1) is 18.1 Å². The summed E-state index contributed by atoms with van der Waals surface area (Å²) in [5.74, 6) is 3.19. The van der Waals surface area contributed by atoms with Gasteiger partial charge in [-0.2, -0.15) is 0 Å². The van der Waals surface area contributed by atoms with Gasteiger partial charge in [0.1, 0.15) is 19.0 Å². The molecule has 6 heteroatoms. The van der Waals surface area contributed by atoms with E-state index < -0.39 is 0 Å². The smallest absolute Gasteiger partial charge is 0.162 e. The SMILES string of the molecule is CNc1cnc(CSc2ccc3c(c2)OCCO3)cn1. The Labute approximate surface area is 121 Å². The Hall–Kier alpha value is -1.95. The maximum Gasteiger partial charge on any atom is 0.162 e. The van der Waals surface area contributed by atoms with E-state index in [2.05, 4.69) is 15.3 Å². The molecule has 0 amide bonds. The molecule has 0 unspecified atom stereocenters. The van der Waals surface area contributed by atoms with Crippen LogP contribution in [0.3, 0.4) is 0 Å². The van der Waals surface area contributed by atoms with Crippen LogP contribution in [0.1, 0.15) is 5.69 Å². The number of fused-ring (bicyclic) bond motifs is 1. The fourth-order valence-electron chi connectivity index (χ4n) is 1.83. The fraction of sp³-hybridized carbons (Fsp3) is 0.286. The summed E-state index contributed by atoms with van der Waals surface area (Å²) in [6.07, 6.45) is 3.52. The lowest BCUT2D eigenvalue weighted by Gasteiger charge is -2.18. The van der Waals surface area contributed by atoms with Crippen LogP contribution in [0, 0.1) is 0 Å². The molecule has 0 aliphatic carbocycles. The maximum atomic E-state index is 5.57. The number of hydrogen-bond donors (Lipinski definition) is 1. The van der Waals surface area contributed by atoms with Gasteiger partial charge in [-0.15, -0.1) is 11.8 Å². The molecule has 2 aromatic rings. The number of thioether (sulfide) groups is 1. The first-order valence-electron chi connectivity index (χ1n) is 6.36. The second-order valence-electron chi connectivity index (χ2n) is 4.24. The Bertz CT molecular complexity index is 589. The van der Waals surface area contributed by atoms with Gasteiger partial charge in [0.15, 0.2) is 11.5 Å². The van der Waals surface area contributed by atoms with Crippen LogP contribution >= 0.6 is 11.8 Å². The van der Waals surface area contributed by atoms with Crippen molar-refractivity contribution in [1.29, 1.82) is 0 Å². The van der Waals surface area contributed by atoms with Gasteiger partial charge in [-0.1, -0.05) is 0 Å². The van der Waals surface area contributed by atoms with Crippen molar-refractivity contribution in [2.45, 2.75) is 10.6 Å². The molecule has 1 aromatic carbocycles. The average Bonchev–Trinajstić information content (AvgIpc) is 2.53. The number of hydrogen-bond acceptors (Lipinski definition) is 6. The lowest BCUT2D eigenvalue weighted by atomic mass is 10.3. The van der Waals surface area contributed by atoms with Gasteiger partial charge in [-0.3, -0.25) is 4.98 Å². The topological polar surface area (TPSA) is 56.3 Å². The number of nitrogens with zero attached hydrogens (tertiary/aromatic N) is 2. The Balaban J connectivity index is 1.65. The molecule has 5 nitrogen and oxygen atoms in total. The Kier molecular flexibility index (Phi) is 3.92. The van der Waals surface area contributed by atoms with Crippen LogP contribution in [0.15, 0.2) is 35.5 Å². The van der Waals surface area contributed by atoms with E-state index >= 15 is 0 Å². The third kappa shape index (κ3) is 2.96. The summed E-state index contributed by atoms with van der Waals surface area (Å²) in [6.45, 7) is 1.23. The minimum atomic E-state index is 0.609. The fourth-order valence-corrected chi connectivity index (χ4v) is 2.65. The van der Waals surface area contributed by atoms with E-state index in [4.69, 9.17) is 9.47 Å². The van der Waals surface area contributed by atoms with Crippen LogP contribution in [0.4, 0.5) is 5.82 Å². The van der Waals surface area contributed by atoms with Crippen LogP contribution in [-0.2, 0) is 5.75 Å². The van der Waals surface area contributed by atoms with Crippen LogP contribution in [0.25, 0.3) is 0 Å². The molecule has 0 atom stereocenters. The van der Waals surface area contributed by atoms with E-state index in [0.29, 0.717) is 13.2 Å². The predicted octanol–water partition coefficient (Wildman–Crippen LogP) is 2.58. The summed E-state index contributed by atoms with van der Waals surface area (Å²) in [5, 5.41) is 2.95. The highest BCUT2D eigenvalue weighted by Crippen LogP contribution is 2.34. The summed E-state index contributed by atoms with van der Waals surface area (Å²) < 4.78 is 11.1. The number of benzene rings is 1. The van der Waals surface area contributed by atoms with Crippen molar-refractivity contribution in [3.8, 4) is 11.5 Å². The van der Waals surface area contributed by atoms with Crippen LogP contribution < -0.4 is 14.8 Å². The second-order valence-corrected chi connectivity index (χ2v) is 5.29. The molecule has 1 aliphatic heterocycles. The summed E-state index contributed by atoms with van der Waals surface area (Å²) in [5.41, 5.74) is 0.948. The van der Waals surface area contributed by atoms with Gasteiger partial charge in [-0.25, -0.2) is 4.98 Å². The van der Waals surface area contributed by atoms with E-state index in [-0.39, 0.29) is 0 Å². The molecule has 0 fully saturated rings. The average molecular weight is 289 g/mol. The molecular formula is C14H15N3O2S. The monoisotopic (exact) mass is 289 g/mol. The zero-order chi connectivity index (χ0) is 13.8. The van der Waals surface area contributed by atoms with Crippen molar-refractivity contribution in [3.63, 3.8) is 0 Å². The zero-order valence-corrected chi connectivity index (χ0v) is 11.9. The largest absolute Gasteiger partial charge is 0.486 e. The molecular weight excluding hydrogens is 274 g/mol. The maximum absolute atomic E-state index is 5.57. The van der Waals surface area contributed by atoms with Gasteiger partial charge < -0.3 is 14.8 Å². The second kappa shape index (κ2) is 6.00. The predicted molar refractivity (Wildman–Crippen MR) is 78.6 cm³/mol. The highest BCUT2D eigenvalue weighted by atomic mass is 32.2. The molecule has 104 valence electrons. The van der Waals surface area contributed by atoms with Gasteiger partial charge in [0.2, 0.25) is 0 Å². The molecule has 1 aliphatic rings. The van der Waals surface area contributed by atoms with Crippen LogP contribution in [0.2, 0.25) is 0 Å². The summed E-state index contributed by atoms with van der Waals surface area (Å²) in [4.78, 5) is 9.73. The van der Waals surface area contributed by atoms with Gasteiger partial charge >= 0.3 is 0 Å². The van der Waals surface area contributed by atoms with E-state index in [1.807, 2.05) is 25.2 Å². The molecule has 0 spiro atoms. The quantitative estimate of drug-likeness (QED) is 0.873. The van der Waals surface area contributed by atoms with Crippen molar-refractivity contribution in [2.24, 2.45) is 0 Å². The molecule has 20 heavy (non-hydrogen) atoms. The standard InChI is InChI=1S/C14H15N3O2S/c1-15-14-8-16-10(7-17-14)9-20-11-2-3-12-13(6-11)19-5-4-18-12/h2-3,6-8H,4-5,9H2,1H3,(H,15,17). The van der Waals surface area contributed by atoms with Gasteiger partial charge in [0, 0.05) is 17.7 Å². The molecule has 0 saturated heterocycles. The molecule has 1 N–H and O–H groups in total. The Morgan fingerprint density at radius 3 is 2.75 bits per heavy atom. The van der Waals surface area contributed by atoms with Crippen LogP contribution in [0.5, 0.6) is 11.5 Å². The lowest BCUT2D eigenvalue weighted by Crippen LogP contribution is -2.15. The number of aromatic nitrogens is 2. The normalized spacial score (nSPS) is 13.1. The number of anilines is 1. The highest BCUT2D eigenvalue weighted by molar-refractivity contribution is 7.98. The third-order valence-electron chi connectivity index (χ3n) is 2.86. The van der Waals surface area contributed by atoms with Gasteiger partial charge in [-0.05, 0) is 18.2 Å². The van der Waals surface area contributed by atoms with E-state index in [0.717, 1.165) is 33.7 Å². The zero-order valence-electron chi connectivity index (χ0n) is 11.1. The lowest BCUT2D eigenvalue weighted by molar-refractivity contribution is 0.171. The van der Waals surface area contributed by atoms with Crippen molar-refractivity contribution in [1.82, 2.24) is 9.97 Å². The van der Waals surface area contributed by atoms with Crippen LogP contribution in [-0.4, -0.2) is 30.2 Å². The molecule has 3 rings (SSSR count). The minimum Gasteiger partial charge on any atom is -0.486 e. The van der Waals surface area contributed by atoms with Crippen molar-refractivity contribution < 1.29 is 9.47 Å². The van der Waals surface area contributed by atoms with E-state index in [1.54, 1.807) is 24.2 Å². The van der Waals surface area contributed by atoms with Crippen molar-refractivity contribution >= 4 is 17.6 Å². The van der Waals surface area contributed by atoms with E-state index in [9.17, 15) is 0 Å². The highest BCUT2D eigenvalue weighted by Gasteiger charge is 2.11. The number of ether oxygens (including phenoxy) is 2. The Morgan fingerprint density at radius 1 is 1.15 bits per heavy atom. The molecule has 0 saturated carbocycles. The van der Waals surface area contributed by atoms with Crippen molar-refractivity contribution in [2.75, 3.05) is 25.6 Å². The first kappa shape index (κ1) is 13.1. The van der Waals surface area contributed by atoms with Crippen molar-refractivity contribution in [3.05, 3.63) is 36.3 Å². The number of nitrogens with one attached hydrogen (secondary N) is 1.